The summed E-state index contributed by atoms with van der Waals surface area (Å²) in [5, 5.41) is 0.766. The van der Waals surface area contributed by atoms with Crippen LogP contribution in [0.5, 0.6) is 0 Å². The number of nitrogens with zero attached hydrogens (tertiary/aromatic N) is 2. The van der Waals surface area contributed by atoms with Crippen molar-refractivity contribution in [2.75, 3.05) is 5.73 Å². The van der Waals surface area contributed by atoms with Crippen molar-refractivity contribution < 1.29 is 4.39 Å². The highest BCUT2D eigenvalue weighted by atomic mass is 32.1. The number of imidazole rings is 1. The van der Waals surface area contributed by atoms with Crippen LogP contribution in [-0.2, 0) is 0 Å². The Labute approximate surface area is 126 Å². The summed E-state index contributed by atoms with van der Waals surface area (Å²) in [6.07, 6.45) is 2.24. The molecule has 2 N–H and O–H groups in total. The molecule has 2 heterocycles. The van der Waals surface area contributed by atoms with Crippen molar-refractivity contribution in [3.63, 3.8) is 0 Å². The van der Waals surface area contributed by atoms with Crippen molar-refractivity contribution in [1.29, 1.82) is 0 Å². The topological polar surface area (TPSA) is 43.8 Å². The lowest BCUT2D eigenvalue weighted by Crippen LogP contribution is -1.99. The Balaban J connectivity index is 2.08. The lowest BCUT2D eigenvalue weighted by Gasteiger charge is -2.08. The van der Waals surface area contributed by atoms with Gasteiger partial charge in [-0.05, 0) is 44.4 Å². The molecule has 3 aromatic rings. The Morgan fingerprint density at radius 3 is 2.71 bits per heavy atom. The molecule has 1 saturated carbocycles. The van der Waals surface area contributed by atoms with Gasteiger partial charge in [0.25, 0.3) is 0 Å². The van der Waals surface area contributed by atoms with Gasteiger partial charge in [-0.1, -0.05) is 6.07 Å². The third kappa shape index (κ3) is 1.80. The second kappa shape index (κ2) is 4.31. The predicted octanol–water partition coefficient (Wildman–Crippen LogP) is 4.44. The number of hydrogen-bond acceptors (Lipinski definition) is 3. The summed E-state index contributed by atoms with van der Waals surface area (Å²) >= 11 is 1.58. The van der Waals surface area contributed by atoms with Gasteiger partial charge in [-0.3, -0.25) is 0 Å². The van der Waals surface area contributed by atoms with Gasteiger partial charge in [-0.25, -0.2) is 9.37 Å². The lowest BCUT2D eigenvalue weighted by molar-refractivity contribution is 0.637. The molecule has 1 fully saturated rings. The molecule has 1 aliphatic carbocycles. The number of fused-ring (bicyclic) bond motifs is 1. The summed E-state index contributed by atoms with van der Waals surface area (Å²) in [6.45, 7) is 4.12. The summed E-state index contributed by atoms with van der Waals surface area (Å²) in [6, 6.07) is 5.58. The van der Waals surface area contributed by atoms with E-state index in [0.29, 0.717) is 11.6 Å². The summed E-state index contributed by atoms with van der Waals surface area (Å²) < 4.78 is 16.3. The van der Waals surface area contributed by atoms with Crippen LogP contribution in [-0.4, -0.2) is 9.55 Å². The molecule has 0 saturated heterocycles. The monoisotopic (exact) mass is 301 g/mol. The Hall–Kier alpha value is -1.88. The Kier molecular flexibility index (Phi) is 2.63. The van der Waals surface area contributed by atoms with Crippen LogP contribution in [0.15, 0.2) is 18.2 Å². The van der Waals surface area contributed by atoms with Crippen LogP contribution in [0.1, 0.15) is 29.3 Å². The molecule has 0 unspecified atom stereocenters. The van der Waals surface area contributed by atoms with E-state index in [2.05, 4.69) is 23.4 Å². The maximum Gasteiger partial charge on any atom is 0.151 e. The van der Waals surface area contributed by atoms with Gasteiger partial charge in [0, 0.05) is 10.9 Å². The van der Waals surface area contributed by atoms with Crippen LogP contribution >= 0.6 is 11.3 Å². The van der Waals surface area contributed by atoms with Crippen molar-refractivity contribution in [1.82, 2.24) is 9.55 Å². The molecular weight excluding hydrogens is 285 g/mol. The average molecular weight is 301 g/mol. The van der Waals surface area contributed by atoms with Gasteiger partial charge in [0.05, 0.1) is 16.1 Å². The molecule has 108 valence electrons. The summed E-state index contributed by atoms with van der Waals surface area (Å²) in [5.74, 6) is 0.549. The third-order valence-corrected chi connectivity index (χ3v) is 5.26. The van der Waals surface area contributed by atoms with Gasteiger partial charge in [0.15, 0.2) is 5.82 Å². The average Bonchev–Trinajstić information content (AvgIpc) is 3.15. The SMILES string of the molecule is Cc1sc(N)c(-c2nc3c(F)cccc3n2C2CC2)c1C. The van der Waals surface area contributed by atoms with Crippen LogP contribution in [0.4, 0.5) is 9.39 Å². The van der Waals surface area contributed by atoms with Crippen LogP contribution in [0.3, 0.4) is 0 Å². The first-order valence-electron chi connectivity index (χ1n) is 7.10. The molecule has 3 nitrogen and oxygen atoms in total. The standard InChI is InChI=1S/C16H16FN3S/c1-8-9(2)21-15(18)13(8)16-19-14-11(17)4-3-5-12(14)20(16)10-6-7-10/h3-5,10H,6-7,18H2,1-2H3. The van der Waals surface area contributed by atoms with Crippen molar-refractivity contribution in [2.45, 2.75) is 32.7 Å². The smallest absolute Gasteiger partial charge is 0.151 e. The maximum absolute atomic E-state index is 14.1. The van der Waals surface area contributed by atoms with Crippen molar-refractivity contribution in [3.05, 3.63) is 34.5 Å². The first-order chi connectivity index (χ1) is 10.1. The molecule has 2 aromatic heterocycles. The highest BCUT2D eigenvalue weighted by Gasteiger charge is 2.31. The lowest BCUT2D eigenvalue weighted by atomic mass is 10.1. The molecule has 0 atom stereocenters. The van der Waals surface area contributed by atoms with Gasteiger partial charge in [-0.15, -0.1) is 11.3 Å². The second-order valence-corrected chi connectivity index (χ2v) is 6.92. The number of para-hydroxylation sites is 1. The van der Waals surface area contributed by atoms with E-state index in [1.165, 1.54) is 10.9 Å². The number of rotatable bonds is 2. The molecule has 0 spiro atoms. The van der Waals surface area contributed by atoms with E-state index in [1.807, 2.05) is 6.07 Å². The van der Waals surface area contributed by atoms with E-state index in [0.717, 1.165) is 40.3 Å². The number of thiophene rings is 1. The van der Waals surface area contributed by atoms with Gasteiger partial charge in [-0.2, -0.15) is 0 Å². The number of aryl methyl sites for hydroxylation is 1. The molecule has 4 rings (SSSR count). The number of aromatic nitrogens is 2. The van der Waals surface area contributed by atoms with Crippen molar-refractivity contribution in [3.8, 4) is 11.4 Å². The quantitative estimate of drug-likeness (QED) is 0.760. The van der Waals surface area contributed by atoms with E-state index < -0.39 is 0 Å². The second-order valence-electron chi connectivity index (χ2n) is 5.67. The van der Waals surface area contributed by atoms with Crippen LogP contribution in [0, 0.1) is 19.7 Å². The highest BCUT2D eigenvalue weighted by molar-refractivity contribution is 7.16. The molecular formula is C16H16FN3S. The molecule has 21 heavy (non-hydrogen) atoms. The van der Waals surface area contributed by atoms with Crippen LogP contribution in [0.2, 0.25) is 0 Å². The number of nitrogens with two attached hydrogens (primary N) is 1. The highest BCUT2D eigenvalue weighted by Crippen LogP contribution is 2.45. The summed E-state index contributed by atoms with van der Waals surface area (Å²) in [4.78, 5) is 5.79. The summed E-state index contributed by atoms with van der Waals surface area (Å²) in [5.41, 5.74) is 9.63. The maximum atomic E-state index is 14.1. The molecule has 0 bridgehead atoms. The number of hydrogen-bond donors (Lipinski definition) is 1. The fourth-order valence-electron chi connectivity index (χ4n) is 2.89. The predicted molar refractivity (Wildman–Crippen MR) is 85.2 cm³/mol. The molecule has 0 amide bonds. The zero-order valence-electron chi connectivity index (χ0n) is 12.0. The fraction of sp³-hybridized carbons (Fsp3) is 0.312. The zero-order chi connectivity index (χ0) is 14.7. The van der Waals surface area contributed by atoms with E-state index >= 15 is 0 Å². The molecule has 1 aromatic carbocycles. The Morgan fingerprint density at radius 2 is 2.10 bits per heavy atom. The first-order valence-corrected chi connectivity index (χ1v) is 7.92. The first kappa shape index (κ1) is 12.8. The minimum Gasteiger partial charge on any atom is -0.390 e. The van der Waals surface area contributed by atoms with Crippen LogP contribution in [0.25, 0.3) is 22.4 Å². The molecule has 0 radical (unpaired) electrons. The van der Waals surface area contributed by atoms with E-state index in [9.17, 15) is 4.39 Å². The van der Waals surface area contributed by atoms with Gasteiger partial charge in [0.1, 0.15) is 11.3 Å². The normalized spacial score (nSPS) is 15.0. The molecule has 5 heteroatoms. The van der Waals surface area contributed by atoms with Gasteiger partial charge in [0.2, 0.25) is 0 Å². The fourth-order valence-corrected chi connectivity index (χ4v) is 3.82. The van der Waals surface area contributed by atoms with Crippen molar-refractivity contribution in [2.24, 2.45) is 0 Å². The number of benzene rings is 1. The van der Waals surface area contributed by atoms with Gasteiger partial charge >= 0.3 is 0 Å². The van der Waals surface area contributed by atoms with Crippen molar-refractivity contribution >= 4 is 27.4 Å². The largest absolute Gasteiger partial charge is 0.390 e. The Bertz CT molecular complexity index is 858. The minimum absolute atomic E-state index is 0.267. The third-order valence-electron chi connectivity index (χ3n) is 4.22. The van der Waals surface area contributed by atoms with E-state index in [4.69, 9.17) is 5.73 Å². The summed E-state index contributed by atoms with van der Waals surface area (Å²) in [7, 11) is 0. The molecule has 0 aliphatic heterocycles. The molecule has 1 aliphatic rings. The van der Waals surface area contributed by atoms with Crippen LogP contribution < -0.4 is 5.73 Å². The number of nitrogen functional groups attached to an aromatic ring is 1. The Morgan fingerprint density at radius 1 is 1.33 bits per heavy atom. The number of halogens is 1. The number of anilines is 1. The zero-order valence-corrected chi connectivity index (χ0v) is 12.8. The van der Waals surface area contributed by atoms with E-state index in [-0.39, 0.29) is 5.82 Å². The minimum atomic E-state index is -0.267. The van der Waals surface area contributed by atoms with Gasteiger partial charge < -0.3 is 10.3 Å². The van der Waals surface area contributed by atoms with E-state index in [1.54, 1.807) is 17.4 Å².